The lowest BCUT2D eigenvalue weighted by Gasteiger charge is -2.34. The normalized spacial score (nSPS) is 27.7. The Bertz CT molecular complexity index is 1170. The summed E-state index contributed by atoms with van der Waals surface area (Å²) in [5.74, 6) is 0.759. The molecule has 4 aliphatic heterocycles. The van der Waals surface area contributed by atoms with Crippen molar-refractivity contribution in [3.63, 3.8) is 0 Å². The fraction of sp³-hybridized carbons (Fsp3) is 0.484. The number of aliphatic imine (C=N–C) groups is 1. The molecule has 0 saturated carbocycles. The number of hydrogen-bond acceptors (Lipinski definition) is 3. The molecule has 0 bridgehead atoms. The molecule has 190 valence electrons. The lowest BCUT2D eigenvalue weighted by atomic mass is 9.85. The van der Waals surface area contributed by atoms with Crippen LogP contribution in [-0.4, -0.2) is 41.1 Å². The highest BCUT2D eigenvalue weighted by molar-refractivity contribution is 6.32. The maximum atomic E-state index is 13.6. The van der Waals surface area contributed by atoms with Crippen molar-refractivity contribution in [3.05, 3.63) is 81.4 Å². The molecule has 1 unspecified atom stereocenters. The van der Waals surface area contributed by atoms with Gasteiger partial charge in [-0.3, -0.25) is 14.7 Å². The molecule has 4 nitrogen and oxygen atoms in total. The highest BCUT2D eigenvalue weighted by Crippen LogP contribution is 2.37. The van der Waals surface area contributed by atoms with Crippen LogP contribution in [0.15, 0.2) is 86.4 Å². The molecule has 0 aromatic carbocycles. The summed E-state index contributed by atoms with van der Waals surface area (Å²) in [6.45, 7) is 9.89. The number of carbonyl (C=O) groups excluding carboxylic acids is 1. The molecule has 1 amide bonds. The van der Waals surface area contributed by atoms with Gasteiger partial charge in [0.2, 0.25) is 0 Å². The van der Waals surface area contributed by atoms with Crippen LogP contribution in [0.2, 0.25) is 0 Å². The molecule has 5 heteroatoms. The first-order valence-corrected chi connectivity index (χ1v) is 14.0. The highest BCUT2D eigenvalue weighted by atomic mass is 35.5. The molecular weight excluding hydrogens is 466 g/mol. The van der Waals surface area contributed by atoms with Crippen molar-refractivity contribution in [1.82, 2.24) is 9.80 Å². The average Bonchev–Trinajstić information content (AvgIpc) is 2.88. The van der Waals surface area contributed by atoms with Crippen LogP contribution in [0.1, 0.15) is 65.7 Å². The lowest BCUT2D eigenvalue weighted by molar-refractivity contribution is -0.122. The Hall–Kier alpha value is -2.43. The van der Waals surface area contributed by atoms with Gasteiger partial charge in [-0.2, -0.15) is 0 Å². The predicted octanol–water partition coefficient (Wildman–Crippen LogP) is 7.20. The number of fused-ring (bicyclic) bond motifs is 1. The summed E-state index contributed by atoms with van der Waals surface area (Å²) < 4.78 is 0. The first kappa shape index (κ1) is 25.2. The number of likely N-dealkylation sites (tertiary alicyclic amines) is 1. The number of rotatable bonds is 3. The van der Waals surface area contributed by atoms with E-state index in [1.165, 1.54) is 11.1 Å². The topological polar surface area (TPSA) is 35.9 Å². The maximum absolute atomic E-state index is 13.6. The smallest absolute Gasteiger partial charge is 0.255 e. The number of allylic oxidation sites excluding steroid dienone is 10. The molecule has 1 saturated heterocycles. The quantitative estimate of drug-likeness (QED) is 0.408. The lowest BCUT2D eigenvalue weighted by Crippen LogP contribution is -2.35. The second-order valence-electron chi connectivity index (χ2n) is 10.7. The third kappa shape index (κ3) is 5.31. The standard InChI is InChI=1S/C31H38ClN3O/c1-4-34-16-14-23(15-17-34)26-11-13-27-12-8-21(2)28(19-30(36)35(27)20-26)25-7-5-6-24-10-9-22(3)33-31(24)29(32)18-25/h7,11-13,18-21,23H,4-6,8-10,14-17H2,1-3H3/b25-7?,27-12?,28-19+,29-18?. The van der Waals surface area contributed by atoms with Gasteiger partial charge in [0.05, 0.1) is 10.7 Å². The summed E-state index contributed by atoms with van der Waals surface area (Å²) in [4.78, 5) is 22.8. The van der Waals surface area contributed by atoms with Crippen LogP contribution in [-0.2, 0) is 4.79 Å². The summed E-state index contributed by atoms with van der Waals surface area (Å²) in [5, 5.41) is 0.690. The van der Waals surface area contributed by atoms with Gasteiger partial charge in [-0.1, -0.05) is 43.7 Å². The van der Waals surface area contributed by atoms with E-state index in [2.05, 4.69) is 56.2 Å². The van der Waals surface area contributed by atoms with Crippen molar-refractivity contribution in [2.24, 2.45) is 16.8 Å². The van der Waals surface area contributed by atoms with Gasteiger partial charge in [0, 0.05) is 23.7 Å². The molecule has 0 N–H and O–H groups in total. The number of nitrogens with zero attached hydrogens (tertiary/aromatic N) is 3. The Kier molecular flexibility index (Phi) is 7.64. The van der Waals surface area contributed by atoms with Crippen molar-refractivity contribution >= 4 is 23.2 Å². The first-order chi connectivity index (χ1) is 17.4. The first-order valence-electron chi connectivity index (χ1n) is 13.6. The Morgan fingerprint density at radius 1 is 1.08 bits per heavy atom. The molecule has 1 fully saturated rings. The van der Waals surface area contributed by atoms with Crippen LogP contribution < -0.4 is 0 Å². The summed E-state index contributed by atoms with van der Waals surface area (Å²) in [7, 11) is 0. The number of halogens is 1. The van der Waals surface area contributed by atoms with E-state index < -0.39 is 0 Å². The predicted molar refractivity (Wildman–Crippen MR) is 149 cm³/mol. The van der Waals surface area contributed by atoms with Gasteiger partial charge in [-0.15, -0.1) is 0 Å². The van der Waals surface area contributed by atoms with Crippen LogP contribution in [0.3, 0.4) is 0 Å². The van der Waals surface area contributed by atoms with E-state index in [1.807, 2.05) is 17.1 Å². The average molecular weight is 504 g/mol. The minimum absolute atomic E-state index is 0.0227. The number of amides is 1. The van der Waals surface area contributed by atoms with Gasteiger partial charge in [0.25, 0.3) is 5.91 Å². The zero-order chi connectivity index (χ0) is 25.2. The molecule has 0 aromatic rings. The van der Waals surface area contributed by atoms with E-state index in [-0.39, 0.29) is 11.8 Å². The van der Waals surface area contributed by atoms with Crippen molar-refractivity contribution in [2.45, 2.75) is 65.7 Å². The molecule has 1 aliphatic carbocycles. The number of hydrogen-bond donors (Lipinski definition) is 0. The Balaban J connectivity index is 1.42. The van der Waals surface area contributed by atoms with Gasteiger partial charge in [0.15, 0.2) is 0 Å². The summed E-state index contributed by atoms with van der Waals surface area (Å²) in [6.07, 6.45) is 22.0. The highest BCUT2D eigenvalue weighted by Gasteiger charge is 2.27. The third-order valence-corrected chi connectivity index (χ3v) is 8.60. The molecule has 5 rings (SSSR count). The molecular formula is C31H38ClN3O. The Morgan fingerprint density at radius 2 is 1.89 bits per heavy atom. The summed E-state index contributed by atoms with van der Waals surface area (Å²) >= 11 is 6.84. The number of carbonyl (C=O) groups is 1. The van der Waals surface area contributed by atoms with E-state index in [1.54, 1.807) is 0 Å². The zero-order valence-electron chi connectivity index (χ0n) is 21.9. The minimum Gasteiger partial charge on any atom is -0.304 e. The number of piperidine rings is 1. The SMILES string of the molecule is CCN1CCC(C2=CN3C(=O)/C=C(/C4=CCCC5=C(N=C(C)CC5)C(Cl)=C4)C(C)CC=C3C=C2)CC1. The molecule has 5 aliphatic rings. The van der Waals surface area contributed by atoms with Crippen molar-refractivity contribution in [3.8, 4) is 0 Å². The van der Waals surface area contributed by atoms with Crippen LogP contribution in [0.25, 0.3) is 0 Å². The fourth-order valence-corrected chi connectivity index (χ4v) is 6.25. The fourth-order valence-electron chi connectivity index (χ4n) is 5.96. The van der Waals surface area contributed by atoms with Crippen LogP contribution in [0.4, 0.5) is 0 Å². The third-order valence-electron chi connectivity index (χ3n) is 8.32. The van der Waals surface area contributed by atoms with Crippen LogP contribution >= 0.6 is 11.6 Å². The maximum Gasteiger partial charge on any atom is 0.255 e. The molecule has 0 spiro atoms. The molecule has 0 radical (unpaired) electrons. The largest absolute Gasteiger partial charge is 0.304 e. The van der Waals surface area contributed by atoms with Crippen molar-refractivity contribution < 1.29 is 4.79 Å². The van der Waals surface area contributed by atoms with E-state index in [9.17, 15) is 4.79 Å². The molecule has 4 heterocycles. The summed E-state index contributed by atoms with van der Waals surface area (Å²) in [6, 6.07) is 0. The molecule has 36 heavy (non-hydrogen) atoms. The van der Waals surface area contributed by atoms with E-state index >= 15 is 0 Å². The van der Waals surface area contributed by atoms with Crippen molar-refractivity contribution in [1.29, 1.82) is 0 Å². The Labute approximate surface area is 221 Å². The monoisotopic (exact) mass is 503 g/mol. The van der Waals surface area contributed by atoms with E-state index in [0.29, 0.717) is 11.0 Å². The molecule has 0 aromatic heterocycles. The zero-order valence-corrected chi connectivity index (χ0v) is 22.7. The Morgan fingerprint density at radius 3 is 2.67 bits per heavy atom. The van der Waals surface area contributed by atoms with Crippen LogP contribution in [0.5, 0.6) is 0 Å². The van der Waals surface area contributed by atoms with Crippen molar-refractivity contribution in [2.75, 3.05) is 19.6 Å². The van der Waals surface area contributed by atoms with Gasteiger partial charge in [-0.05, 0) is 118 Å². The van der Waals surface area contributed by atoms with E-state index in [4.69, 9.17) is 16.6 Å². The van der Waals surface area contributed by atoms with Gasteiger partial charge in [-0.25, -0.2) is 0 Å². The van der Waals surface area contributed by atoms with Gasteiger partial charge in [0.1, 0.15) is 0 Å². The van der Waals surface area contributed by atoms with Gasteiger partial charge < -0.3 is 4.90 Å². The second kappa shape index (κ2) is 10.9. The van der Waals surface area contributed by atoms with Crippen LogP contribution in [0, 0.1) is 11.8 Å². The summed E-state index contributed by atoms with van der Waals surface area (Å²) in [5.41, 5.74) is 7.82. The van der Waals surface area contributed by atoms with E-state index in [0.717, 1.165) is 92.8 Å². The minimum atomic E-state index is 0.0227. The second-order valence-corrected chi connectivity index (χ2v) is 11.1. The molecule has 1 atom stereocenters. The van der Waals surface area contributed by atoms with Gasteiger partial charge >= 0.3 is 0 Å².